The van der Waals surface area contributed by atoms with E-state index in [4.69, 9.17) is 0 Å². The minimum atomic E-state index is -1.84. The molecule has 6 nitrogen and oxygen atoms in total. The van der Waals surface area contributed by atoms with E-state index in [1.54, 1.807) is 6.92 Å². The predicted molar refractivity (Wildman–Crippen MR) is 69.6 cm³/mol. The first kappa shape index (κ1) is 14.5. The van der Waals surface area contributed by atoms with Crippen molar-refractivity contribution >= 4 is 11.3 Å². The van der Waals surface area contributed by atoms with Gasteiger partial charge in [0.05, 0.1) is 10.5 Å². The Kier molecular flexibility index (Phi) is 3.82. The number of hydrogen-bond acceptors (Lipinski definition) is 5. The molecule has 0 aromatic carbocycles. The lowest BCUT2D eigenvalue weighted by Gasteiger charge is -2.39. The SMILES string of the molecule is C[C@H]1CC(c2ccncc2[N+](=O)[O-])=C[C@@H](O)[C@@]1(O)CF. The number of alkyl halides is 1. The van der Waals surface area contributed by atoms with Crippen LogP contribution in [0, 0.1) is 16.0 Å². The zero-order valence-electron chi connectivity index (χ0n) is 10.9. The van der Waals surface area contributed by atoms with Gasteiger partial charge in [0.2, 0.25) is 0 Å². The minimum Gasteiger partial charge on any atom is -0.386 e. The molecule has 2 rings (SSSR count). The Bertz CT molecular complexity index is 563. The molecule has 0 aliphatic heterocycles. The number of nitrogens with zero attached hydrogens (tertiary/aromatic N) is 2. The summed E-state index contributed by atoms with van der Waals surface area (Å²) in [7, 11) is 0. The first-order valence-electron chi connectivity index (χ1n) is 6.16. The van der Waals surface area contributed by atoms with Crippen LogP contribution in [-0.2, 0) is 0 Å². The molecule has 0 unspecified atom stereocenters. The molecule has 7 heteroatoms. The highest BCUT2D eigenvalue weighted by molar-refractivity contribution is 5.73. The average Bonchev–Trinajstić information content (AvgIpc) is 2.44. The maximum absolute atomic E-state index is 12.9. The standard InChI is InChI=1S/C13H15FN2O4/c1-8-4-9(5-12(17)13(8,18)7-14)10-2-3-15-6-11(10)16(19)20/h2-3,5-6,8,12,17-18H,4,7H2,1H3/t8-,12+,13+/m0/s1. The highest BCUT2D eigenvalue weighted by Crippen LogP contribution is 2.39. The number of aliphatic hydroxyl groups excluding tert-OH is 1. The molecule has 0 saturated heterocycles. The third kappa shape index (κ3) is 2.30. The van der Waals surface area contributed by atoms with Crippen molar-refractivity contribution in [3.8, 4) is 0 Å². The van der Waals surface area contributed by atoms with Gasteiger partial charge in [0.15, 0.2) is 0 Å². The van der Waals surface area contributed by atoms with E-state index in [9.17, 15) is 24.7 Å². The Labute approximate surface area is 114 Å². The van der Waals surface area contributed by atoms with Crippen molar-refractivity contribution < 1.29 is 19.5 Å². The van der Waals surface area contributed by atoms with Gasteiger partial charge in [-0.25, -0.2) is 4.39 Å². The highest BCUT2D eigenvalue weighted by Gasteiger charge is 2.44. The smallest absolute Gasteiger partial charge is 0.294 e. The van der Waals surface area contributed by atoms with Crippen molar-refractivity contribution in [1.29, 1.82) is 0 Å². The summed E-state index contributed by atoms with van der Waals surface area (Å²) in [5.41, 5.74) is -1.18. The summed E-state index contributed by atoms with van der Waals surface area (Å²) in [6.07, 6.45) is 2.66. The average molecular weight is 282 g/mol. The summed E-state index contributed by atoms with van der Waals surface area (Å²) < 4.78 is 12.9. The second kappa shape index (κ2) is 5.26. The number of rotatable bonds is 3. The van der Waals surface area contributed by atoms with Gasteiger partial charge in [-0.1, -0.05) is 6.92 Å². The van der Waals surface area contributed by atoms with Gasteiger partial charge in [-0.05, 0) is 30.1 Å². The van der Waals surface area contributed by atoms with E-state index in [1.165, 1.54) is 18.3 Å². The fraction of sp³-hybridized carbons (Fsp3) is 0.462. The van der Waals surface area contributed by atoms with Gasteiger partial charge in [-0.15, -0.1) is 0 Å². The molecular weight excluding hydrogens is 267 g/mol. The third-order valence-electron chi connectivity index (χ3n) is 3.81. The van der Waals surface area contributed by atoms with Crippen LogP contribution in [0.15, 0.2) is 24.5 Å². The van der Waals surface area contributed by atoms with E-state index in [0.717, 1.165) is 6.20 Å². The van der Waals surface area contributed by atoms with Crippen molar-refractivity contribution in [2.45, 2.75) is 25.0 Å². The van der Waals surface area contributed by atoms with E-state index in [-0.39, 0.29) is 12.1 Å². The molecule has 1 heterocycles. The molecule has 3 atom stereocenters. The fourth-order valence-electron chi connectivity index (χ4n) is 2.41. The van der Waals surface area contributed by atoms with Crippen LogP contribution in [0.1, 0.15) is 18.9 Å². The quantitative estimate of drug-likeness (QED) is 0.646. The highest BCUT2D eigenvalue weighted by atomic mass is 19.1. The molecule has 1 aromatic rings. The number of aliphatic hydroxyl groups is 2. The zero-order valence-corrected chi connectivity index (χ0v) is 10.9. The third-order valence-corrected chi connectivity index (χ3v) is 3.81. The second-order valence-electron chi connectivity index (χ2n) is 5.02. The zero-order chi connectivity index (χ0) is 14.9. The number of halogens is 1. The molecule has 1 aliphatic rings. The Morgan fingerprint density at radius 3 is 2.90 bits per heavy atom. The predicted octanol–water partition coefficient (Wildman–Crippen LogP) is 1.47. The summed E-state index contributed by atoms with van der Waals surface area (Å²) in [5.74, 6) is -0.560. The molecule has 0 amide bonds. The Hall–Kier alpha value is -1.86. The van der Waals surface area contributed by atoms with Gasteiger partial charge in [0.25, 0.3) is 5.69 Å². The maximum Gasteiger partial charge on any atom is 0.294 e. The first-order valence-corrected chi connectivity index (χ1v) is 6.16. The van der Waals surface area contributed by atoms with Crippen LogP contribution in [0.5, 0.6) is 0 Å². The Morgan fingerprint density at radius 2 is 2.35 bits per heavy atom. The van der Waals surface area contributed by atoms with Crippen LogP contribution in [0.2, 0.25) is 0 Å². The van der Waals surface area contributed by atoms with Gasteiger partial charge in [0.1, 0.15) is 24.6 Å². The number of nitro groups is 1. The molecule has 0 spiro atoms. The summed E-state index contributed by atoms with van der Waals surface area (Å²) in [6.45, 7) is 0.528. The first-order chi connectivity index (χ1) is 9.40. The Balaban J connectivity index is 2.46. The monoisotopic (exact) mass is 282 g/mol. The van der Waals surface area contributed by atoms with Crippen molar-refractivity contribution in [1.82, 2.24) is 4.98 Å². The summed E-state index contributed by atoms with van der Waals surface area (Å²) >= 11 is 0. The van der Waals surface area contributed by atoms with Crippen LogP contribution >= 0.6 is 0 Å². The number of hydrogen-bond donors (Lipinski definition) is 2. The number of pyridine rings is 1. The maximum atomic E-state index is 12.9. The molecule has 0 saturated carbocycles. The van der Waals surface area contributed by atoms with Crippen molar-refractivity contribution in [3.63, 3.8) is 0 Å². The van der Waals surface area contributed by atoms with Crippen LogP contribution in [0.3, 0.4) is 0 Å². The van der Waals surface area contributed by atoms with Gasteiger partial charge in [-0.2, -0.15) is 0 Å². The van der Waals surface area contributed by atoms with Gasteiger partial charge >= 0.3 is 0 Å². The normalized spacial score (nSPS) is 29.9. The van der Waals surface area contributed by atoms with Crippen molar-refractivity contribution in [2.24, 2.45) is 5.92 Å². The second-order valence-corrected chi connectivity index (χ2v) is 5.02. The fourth-order valence-corrected chi connectivity index (χ4v) is 2.41. The van der Waals surface area contributed by atoms with Gasteiger partial charge in [-0.3, -0.25) is 15.1 Å². The molecule has 0 radical (unpaired) electrons. The van der Waals surface area contributed by atoms with Crippen LogP contribution in [0.4, 0.5) is 10.1 Å². The largest absolute Gasteiger partial charge is 0.386 e. The van der Waals surface area contributed by atoms with Gasteiger partial charge < -0.3 is 10.2 Å². The van der Waals surface area contributed by atoms with Crippen LogP contribution in [-0.4, -0.2) is 38.5 Å². The molecule has 108 valence electrons. The van der Waals surface area contributed by atoms with Crippen LogP contribution in [0.25, 0.3) is 5.57 Å². The summed E-state index contributed by atoms with van der Waals surface area (Å²) in [4.78, 5) is 14.1. The van der Waals surface area contributed by atoms with E-state index >= 15 is 0 Å². The lowest BCUT2D eigenvalue weighted by molar-refractivity contribution is -0.385. The summed E-state index contributed by atoms with van der Waals surface area (Å²) in [5, 5.41) is 30.9. The summed E-state index contributed by atoms with van der Waals surface area (Å²) in [6, 6.07) is 1.48. The lowest BCUT2D eigenvalue weighted by atomic mass is 9.74. The molecule has 0 fully saturated rings. The minimum absolute atomic E-state index is 0.177. The van der Waals surface area contributed by atoms with Crippen molar-refractivity contribution in [3.05, 3.63) is 40.2 Å². The molecule has 20 heavy (non-hydrogen) atoms. The molecule has 0 bridgehead atoms. The van der Waals surface area contributed by atoms with E-state index < -0.39 is 29.2 Å². The van der Waals surface area contributed by atoms with Crippen LogP contribution < -0.4 is 0 Å². The number of aromatic nitrogens is 1. The van der Waals surface area contributed by atoms with E-state index in [0.29, 0.717) is 11.1 Å². The van der Waals surface area contributed by atoms with Gasteiger partial charge in [0, 0.05) is 6.20 Å². The lowest BCUT2D eigenvalue weighted by Crippen LogP contribution is -2.51. The van der Waals surface area contributed by atoms with E-state index in [1.807, 2.05) is 0 Å². The molecule has 1 aromatic heterocycles. The Morgan fingerprint density at radius 1 is 1.65 bits per heavy atom. The molecular formula is C13H15FN2O4. The van der Waals surface area contributed by atoms with E-state index in [2.05, 4.69) is 4.98 Å². The topological polar surface area (TPSA) is 96.5 Å². The molecule has 1 aliphatic carbocycles. The molecule has 2 N–H and O–H groups in total. The number of allylic oxidation sites excluding steroid dienone is 1. The van der Waals surface area contributed by atoms with Crippen molar-refractivity contribution in [2.75, 3.05) is 6.67 Å².